The van der Waals surface area contributed by atoms with Crippen molar-refractivity contribution in [2.24, 2.45) is 0 Å². The highest BCUT2D eigenvalue weighted by molar-refractivity contribution is 7.17. The average Bonchev–Trinajstić information content (AvgIpc) is 3.02. The zero-order valence-corrected chi connectivity index (χ0v) is 15.3. The van der Waals surface area contributed by atoms with Gasteiger partial charge < -0.3 is 14.8 Å². The Balaban J connectivity index is 1.68. The van der Waals surface area contributed by atoms with E-state index in [4.69, 9.17) is 11.6 Å². The standard InChI is InChI=1S/C17H20ClN3O2S/c1-11-10-13(12(2)19-11)16(22)20-6-3-7-21(9-8-20)17(23)14-4-5-15(18)24-14/h4-5,10,19H,3,6-9H2,1-2H3. The van der Waals surface area contributed by atoms with Gasteiger partial charge in [-0.1, -0.05) is 11.6 Å². The van der Waals surface area contributed by atoms with E-state index >= 15 is 0 Å². The molecule has 1 fully saturated rings. The molecule has 0 atom stereocenters. The number of H-pyrrole nitrogens is 1. The fraction of sp³-hybridized carbons (Fsp3) is 0.412. The lowest BCUT2D eigenvalue weighted by atomic mass is 10.2. The third-order valence-electron chi connectivity index (χ3n) is 4.23. The molecule has 128 valence electrons. The maximum Gasteiger partial charge on any atom is 0.264 e. The van der Waals surface area contributed by atoms with E-state index in [0.29, 0.717) is 35.4 Å². The Kier molecular flexibility index (Phi) is 4.96. The van der Waals surface area contributed by atoms with Crippen LogP contribution in [0.4, 0.5) is 0 Å². The Morgan fingerprint density at radius 2 is 1.75 bits per heavy atom. The van der Waals surface area contributed by atoms with Gasteiger partial charge in [-0.3, -0.25) is 9.59 Å². The molecule has 1 aliphatic heterocycles. The lowest BCUT2D eigenvalue weighted by Crippen LogP contribution is -2.37. The second kappa shape index (κ2) is 6.99. The third kappa shape index (κ3) is 3.49. The largest absolute Gasteiger partial charge is 0.362 e. The van der Waals surface area contributed by atoms with Gasteiger partial charge in [-0.15, -0.1) is 11.3 Å². The summed E-state index contributed by atoms with van der Waals surface area (Å²) in [6.45, 7) is 6.27. The normalized spacial score (nSPS) is 15.5. The maximum absolute atomic E-state index is 12.7. The van der Waals surface area contributed by atoms with Gasteiger partial charge in [0, 0.05) is 37.6 Å². The van der Waals surface area contributed by atoms with Crippen LogP contribution in [0.3, 0.4) is 0 Å². The Labute approximate surface area is 150 Å². The molecule has 5 nitrogen and oxygen atoms in total. The topological polar surface area (TPSA) is 56.4 Å². The van der Waals surface area contributed by atoms with E-state index in [1.165, 1.54) is 11.3 Å². The molecule has 2 amide bonds. The summed E-state index contributed by atoms with van der Waals surface area (Å²) < 4.78 is 0.614. The predicted molar refractivity (Wildman–Crippen MR) is 96.0 cm³/mol. The van der Waals surface area contributed by atoms with E-state index < -0.39 is 0 Å². The smallest absolute Gasteiger partial charge is 0.264 e. The van der Waals surface area contributed by atoms with Crippen LogP contribution in [0, 0.1) is 13.8 Å². The summed E-state index contributed by atoms with van der Waals surface area (Å²) in [5.74, 6) is 0.0279. The minimum atomic E-state index is -0.00475. The summed E-state index contributed by atoms with van der Waals surface area (Å²) in [6, 6.07) is 5.39. The van der Waals surface area contributed by atoms with E-state index in [9.17, 15) is 9.59 Å². The van der Waals surface area contributed by atoms with Crippen LogP contribution in [0.1, 0.15) is 37.8 Å². The van der Waals surface area contributed by atoms with Crippen molar-refractivity contribution in [3.05, 3.63) is 44.4 Å². The van der Waals surface area contributed by atoms with Crippen LogP contribution in [-0.4, -0.2) is 52.8 Å². The molecule has 0 saturated carbocycles. The number of carbonyl (C=O) groups is 2. The molecule has 2 aromatic rings. The zero-order valence-electron chi connectivity index (χ0n) is 13.8. The molecular weight excluding hydrogens is 346 g/mol. The molecule has 0 unspecified atom stereocenters. The van der Waals surface area contributed by atoms with E-state index in [-0.39, 0.29) is 11.8 Å². The second-order valence-corrected chi connectivity index (χ2v) is 7.75. The molecule has 1 N–H and O–H groups in total. The molecular formula is C17H20ClN3O2S. The number of amides is 2. The van der Waals surface area contributed by atoms with Crippen molar-refractivity contribution in [2.75, 3.05) is 26.2 Å². The van der Waals surface area contributed by atoms with Crippen molar-refractivity contribution in [3.8, 4) is 0 Å². The number of hydrogen-bond acceptors (Lipinski definition) is 3. The Bertz CT molecular complexity index is 768. The number of rotatable bonds is 2. The van der Waals surface area contributed by atoms with Crippen molar-refractivity contribution >= 4 is 34.8 Å². The lowest BCUT2D eigenvalue weighted by molar-refractivity contribution is 0.0721. The summed E-state index contributed by atoms with van der Waals surface area (Å²) in [5.41, 5.74) is 2.59. The van der Waals surface area contributed by atoms with Crippen LogP contribution in [0.15, 0.2) is 18.2 Å². The van der Waals surface area contributed by atoms with Gasteiger partial charge in [0.2, 0.25) is 0 Å². The summed E-state index contributed by atoms with van der Waals surface area (Å²) in [6.07, 6.45) is 0.777. The molecule has 0 aromatic carbocycles. The first kappa shape index (κ1) is 17.0. The molecule has 0 radical (unpaired) electrons. The Hall–Kier alpha value is -1.79. The van der Waals surface area contributed by atoms with E-state index in [1.807, 2.05) is 29.7 Å². The van der Waals surface area contributed by atoms with Crippen molar-refractivity contribution < 1.29 is 9.59 Å². The molecule has 2 aromatic heterocycles. The van der Waals surface area contributed by atoms with E-state index in [1.54, 1.807) is 12.1 Å². The van der Waals surface area contributed by atoms with Crippen molar-refractivity contribution in [2.45, 2.75) is 20.3 Å². The quantitative estimate of drug-likeness (QED) is 0.887. The summed E-state index contributed by atoms with van der Waals surface area (Å²) in [5, 5.41) is 0. The first-order chi connectivity index (χ1) is 11.5. The number of thiophene rings is 1. The minimum absolute atomic E-state index is 0.00475. The van der Waals surface area contributed by atoms with Gasteiger partial charge >= 0.3 is 0 Å². The van der Waals surface area contributed by atoms with Crippen molar-refractivity contribution in [1.82, 2.24) is 14.8 Å². The molecule has 7 heteroatoms. The predicted octanol–water partition coefficient (Wildman–Crippen LogP) is 3.33. The van der Waals surface area contributed by atoms with Gasteiger partial charge in [-0.05, 0) is 38.5 Å². The van der Waals surface area contributed by atoms with Gasteiger partial charge in [0.05, 0.1) is 14.8 Å². The summed E-state index contributed by atoms with van der Waals surface area (Å²) in [4.78, 5) is 32.7. The van der Waals surface area contributed by atoms with Crippen LogP contribution in [0.25, 0.3) is 0 Å². The first-order valence-electron chi connectivity index (χ1n) is 7.96. The number of halogens is 1. The van der Waals surface area contributed by atoms with E-state index in [2.05, 4.69) is 4.98 Å². The monoisotopic (exact) mass is 365 g/mol. The number of hydrogen-bond donors (Lipinski definition) is 1. The fourth-order valence-electron chi connectivity index (χ4n) is 3.03. The van der Waals surface area contributed by atoms with Crippen LogP contribution >= 0.6 is 22.9 Å². The number of carbonyl (C=O) groups excluding carboxylic acids is 2. The maximum atomic E-state index is 12.7. The number of nitrogens with one attached hydrogen (secondary N) is 1. The van der Waals surface area contributed by atoms with Crippen molar-refractivity contribution in [1.29, 1.82) is 0 Å². The minimum Gasteiger partial charge on any atom is -0.362 e. The van der Waals surface area contributed by atoms with E-state index in [0.717, 1.165) is 23.4 Å². The molecule has 24 heavy (non-hydrogen) atoms. The molecule has 3 heterocycles. The molecule has 1 aliphatic rings. The highest BCUT2D eigenvalue weighted by Gasteiger charge is 2.25. The summed E-state index contributed by atoms with van der Waals surface area (Å²) in [7, 11) is 0. The zero-order chi connectivity index (χ0) is 17.3. The van der Waals surface area contributed by atoms with Gasteiger partial charge in [-0.25, -0.2) is 0 Å². The number of nitrogens with zero attached hydrogens (tertiary/aromatic N) is 2. The fourth-order valence-corrected chi connectivity index (χ4v) is 4.04. The SMILES string of the molecule is Cc1cc(C(=O)N2CCCN(C(=O)c3ccc(Cl)s3)CC2)c(C)[nH]1. The molecule has 0 spiro atoms. The van der Waals surface area contributed by atoms with Crippen LogP contribution in [0.2, 0.25) is 4.34 Å². The number of aromatic amines is 1. The molecule has 0 aliphatic carbocycles. The van der Waals surface area contributed by atoms with Gasteiger partial charge in [0.15, 0.2) is 0 Å². The number of aromatic nitrogens is 1. The Morgan fingerprint density at radius 3 is 2.29 bits per heavy atom. The highest BCUT2D eigenvalue weighted by atomic mass is 35.5. The summed E-state index contributed by atoms with van der Waals surface area (Å²) >= 11 is 7.21. The molecule has 0 bridgehead atoms. The average molecular weight is 366 g/mol. The molecule has 1 saturated heterocycles. The van der Waals surface area contributed by atoms with Crippen LogP contribution < -0.4 is 0 Å². The van der Waals surface area contributed by atoms with Crippen LogP contribution in [0.5, 0.6) is 0 Å². The van der Waals surface area contributed by atoms with Gasteiger partial charge in [-0.2, -0.15) is 0 Å². The van der Waals surface area contributed by atoms with Gasteiger partial charge in [0.25, 0.3) is 11.8 Å². The lowest BCUT2D eigenvalue weighted by Gasteiger charge is -2.22. The number of aryl methyl sites for hydroxylation is 2. The highest BCUT2D eigenvalue weighted by Crippen LogP contribution is 2.23. The first-order valence-corrected chi connectivity index (χ1v) is 9.15. The Morgan fingerprint density at radius 1 is 1.08 bits per heavy atom. The van der Waals surface area contributed by atoms with Crippen LogP contribution in [-0.2, 0) is 0 Å². The second-order valence-electron chi connectivity index (χ2n) is 6.03. The third-order valence-corrected chi connectivity index (χ3v) is 5.45. The van der Waals surface area contributed by atoms with Crippen molar-refractivity contribution in [3.63, 3.8) is 0 Å². The van der Waals surface area contributed by atoms with Gasteiger partial charge in [0.1, 0.15) is 0 Å². The molecule has 3 rings (SSSR count).